The van der Waals surface area contributed by atoms with Crippen LogP contribution in [0.1, 0.15) is 19.3 Å². The lowest BCUT2D eigenvalue weighted by molar-refractivity contribution is 0.369. The maximum Gasteiger partial charge on any atom is 0.0381 e. The molecule has 0 radical (unpaired) electrons. The van der Waals surface area contributed by atoms with Crippen molar-refractivity contribution in [3.8, 4) is 0 Å². The maximum absolute atomic E-state index is 5.62. The number of allylic oxidation sites excluding steroid dienone is 4. The zero-order chi connectivity index (χ0) is 8.39. The zero-order valence-electron chi connectivity index (χ0n) is 7.29. The van der Waals surface area contributed by atoms with Crippen LogP contribution in [0.15, 0.2) is 23.9 Å². The highest BCUT2D eigenvalue weighted by Gasteiger charge is 2.23. The molecule has 1 saturated heterocycles. The number of rotatable bonds is 1. The van der Waals surface area contributed by atoms with Crippen molar-refractivity contribution in [1.29, 1.82) is 0 Å². The van der Waals surface area contributed by atoms with Gasteiger partial charge in [-0.25, -0.2) is 0 Å². The predicted octanol–water partition coefficient (Wildman–Crippen LogP) is 1.16. The van der Waals surface area contributed by atoms with Gasteiger partial charge in [0, 0.05) is 24.2 Å². The Bertz CT molecular complexity index is 218. The lowest BCUT2D eigenvalue weighted by atomic mass is 9.86. The third-order valence-electron chi connectivity index (χ3n) is 2.79. The van der Waals surface area contributed by atoms with E-state index in [4.69, 9.17) is 5.73 Å². The molecule has 2 rings (SSSR count). The molecular weight excluding hydrogens is 148 g/mol. The van der Waals surface area contributed by atoms with E-state index < -0.39 is 0 Å². The van der Waals surface area contributed by atoms with E-state index in [0.717, 1.165) is 12.5 Å². The summed E-state index contributed by atoms with van der Waals surface area (Å²) in [5.74, 6) is 0.748. The van der Waals surface area contributed by atoms with Crippen LogP contribution in [0.4, 0.5) is 0 Å². The van der Waals surface area contributed by atoms with Crippen molar-refractivity contribution in [2.24, 2.45) is 11.7 Å². The summed E-state index contributed by atoms with van der Waals surface area (Å²) in [6, 6.07) is 0.513. The Labute approximate surface area is 73.5 Å². The molecule has 1 fully saturated rings. The van der Waals surface area contributed by atoms with Crippen LogP contribution in [-0.4, -0.2) is 12.6 Å². The van der Waals surface area contributed by atoms with Crippen LogP contribution in [0.2, 0.25) is 0 Å². The van der Waals surface area contributed by atoms with Crippen molar-refractivity contribution in [3.05, 3.63) is 23.9 Å². The molecule has 1 aliphatic heterocycles. The second-order valence-corrected chi connectivity index (χ2v) is 3.64. The van der Waals surface area contributed by atoms with Gasteiger partial charge in [0.1, 0.15) is 0 Å². The van der Waals surface area contributed by atoms with Gasteiger partial charge in [0.2, 0.25) is 0 Å². The van der Waals surface area contributed by atoms with E-state index in [9.17, 15) is 0 Å². The van der Waals surface area contributed by atoms with E-state index >= 15 is 0 Å². The molecule has 0 bridgehead atoms. The lowest BCUT2D eigenvalue weighted by Gasteiger charge is -2.33. The Morgan fingerprint density at radius 3 is 3.25 bits per heavy atom. The molecule has 12 heavy (non-hydrogen) atoms. The summed E-state index contributed by atoms with van der Waals surface area (Å²) in [5.41, 5.74) is 7.02. The minimum atomic E-state index is 0.513. The largest absolute Gasteiger partial charge is 0.384 e. The molecule has 3 N–H and O–H groups in total. The molecule has 0 aromatic rings. The van der Waals surface area contributed by atoms with E-state index in [0.29, 0.717) is 6.04 Å². The Morgan fingerprint density at radius 2 is 2.42 bits per heavy atom. The van der Waals surface area contributed by atoms with Gasteiger partial charge in [-0.05, 0) is 25.3 Å². The number of hydrogen-bond acceptors (Lipinski definition) is 2. The van der Waals surface area contributed by atoms with Gasteiger partial charge in [-0.2, -0.15) is 0 Å². The van der Waals surface area contributed by atoms with Crippen molar-refractivity contribution in [2.75, 3.05) is 6.54 Å². The Balaban J connectivity index is 2.06. The normalized spacial score (nSPS) is 33.6. The molecular formula is C10H16N2. The minimum absolute atomic E-state index is 0.513. The quantitative estimate of drug-likeness (QED) is 0.610. The third kappa shape index (κ3) is 1.39. The van der Waals surface area contributed by atoms with Crippen LogP contribution in [0, 0.1) is 5.92 Å². The number of fused-ring (bicyclic) bond motifs is 1. The van der Waals surface area contributed by atoms with Gasteiger partial charge in [-0.3, -0.25) is 0 Å². The standard InChI is InChI=1S/C10H16N2/c11-7-9-6-5-8-3-1-2-4-10(8)12-9/h1-2,4,8-9,12H,3,5-7,11H2. The number of piperidine rings is 1. The molecule has 0 amide bonds. The van der Waals surface area contributed by atoms with Gasteiger partial charge in [-0.1, -0.05) is 12.2 Å². The summed E-state index contributed by atoms with van der Waals surface area (Å²) in [7, 11) is 0. The fourth-order valence-corrected chi connectivity index (χ4v) is 2.00. The van der Waals surface area contributed by atoms with Gasteiger partial charge in [0.25, 0.3) is 0 Å². The second-order valence-electron chi connectivity index (χ2n) is 3.64. The van der Waals surface area contributed by atoms with E-state index in [1.54, 1.807) is 0 Å². The molecule has 0 spiro atoms. The lowest BCUT2D eigenvalue weighted by Crippen LogP contribution is -2.42. The predicted molar refractivity (Wildman–Crippen MR) is 50.5 cm³/mol. The number of nitrogens with two attached hydrogens (primary N) is 1. The monoisotopic (exact) mass is 164 g/mol. The molecule has 2 atom stereocenters. The summed E-state index contributed by atoms with van der Waals surface area (Å²) >= 11 is 0. The average molecular weight is 164 g/mol. The molecule has 66 valence electrons. The second kappa shape index (κ2) is 3.31. The zero-order valence-corrected chi connectivity index (χ0v) is 7.29. The molecule has 2 unspecified atom stereocenters. The smallest absolute Gasteiger partial charge is 0.0381 e. The summed E-state index contributed by atoms with van der Waals surface area (Å²) < 4.78 is 0. The van der Waals surface area contributed by atoms with Gasteiger partial charge < -0.3 is 11.1 Å². The molecule has 2 heteroatoms. The molecule has 2 nitrogen and oxygen atoms in total. The van der Waals surface area contributed by atoms with Gasteiger partial charge in [-0.15, -0.1) is 0 Å². The van der Waals surface area contributed by atoms with Crippen molar-refractivity contribution >= 4 is 0 Å². The van der Waals surface area contributed by atoms with Gasteiger partial charge in [0.15, 0.2) is 0 Å². The SMILES string of the molecule is NCC1CCC2CC=CC=C2N1. The summed E-state index contributed by atoms with van der Waals surface area (Å²) in [6.07, 6.45) is 10.3. The summed E-state index contributed by atoms with van der Waals surface area (Å²) in [4.78, 5) is 0. The van der Waals surface area contributed by atoms with Crippen LogP contribution < -0.4 is 11.1 Å². The van der Waals surface area contributed by atoms with E-state index in [-0.39, 0.29) is 0 Å². The van der Waals surface area contributed by atoms with Crippen LogP contribution in [-0.2, 0) is 0 Å². The number of nitrogens with one attached hydrogen (secondary N) is 1. The minimum Gasteiger partial charge on any atom is -0.384 e. The highest BCUT2D eigenvalue weighted by Crippen LogP contribution is 2.28. The number of hydrogen-bond donors (Lipinski definition) is 2. The third-order valence-corrected chi connectivity index (χ3v) is 2.79. The van der Waals surface area contributed by atoms with E-state index in [1.165, 1.54) is 25.0 Å². The van der Waals surface area contributed by atoms with Crippen LogP contribution in [0.5, 0.6) is 0 Å². The van der Waals surface area contributed by atoms with Crippen molar-refractivity contribution in [3.63, 3.8) is 0 Å². The van der Waals surface area contributed by atoms with Crippen molar-refractivity contribution < 1.29 is 0 Å². The first-order valence-corrected chi connectivity index (χ1v) is 4.73. The van der Waals surface area contributed by atoms with Crippen molar-refractivity contribution in [2.45, 2.75) is 25.3 Å². The summed E-state index contributed by atoms with van der Waals surface area (Å²) in [5, 5.41) is 3.49. The van der Waals surface area contributed by atoms with Crippen LogP contribution in [0.25, 0.3) is 0 Å². The first kappa shape index (κ1) is 7.87. The highest BCUT2D eigenvalue weighted by atomic mass is 15.0. The topological polar surface area (TPSA) is 38.0 Å². The van der Waals surface area contributed by atoms with E-state index in [2.05, 4.69) is 23.5 Å². The fraction of sp³-hybridized carbons (Fsp3) is 0.600. The Kier molecular flexibility index (Phi) is 2.17. The first-order valence-electron chi connectivity index (χ1n) is 4.73. The van der Waals surface area contributed by atoms with E-state index in [1.807, 2.05) is 0 Å². The Morgan fingerprint density at radius 1 is 1.50 bits per heavy atom. The van der Waals surface area contributed by atoms with Crippen LogP contribution in [0.3, 0.4) is 0 Å². The average Bonchev–Trinajstić information content (AvgIpc) is 2.17. The molecule has 0 aromatic carbocycles. The van der Waals surface area contributed by atoms with Gasteiger partial charge >= 0.3 is 0 Å². The molecule has 0 saturated carbocycles. The molecule has 2 aliphatic rings. The van der Waals surface area contributed by atoms with Gasteiger partial charge in [0.05, 0.1) is 0 Å². The first-order chi connectivity index (χ1) is 5.90. The van der Waals surface area contributed by atoms with Crippen molar-refractivity contribution in [1.82, 2.24) is 5.32 Å². The molecule has 1 aliphatic carbocycles. The summed E-state index contributed by atoms with van der Waals surface area (Å²) in [6.45, 7) is 0.758. The molecule has 0 aromatic heterocycles. The molecule has 1 heterocycles. The maximum atomic E-state index is 5.62. The Hall–Kier alpha value is -0.760. The van der Waals surface area contributed by atoms with Crippen LogP contribution >= 0.6 is 0 Å². The fourth-order valence-electron chi connectivity index (χ4n) is 2.00. The highest BCUT2D eigenvalue weighted by molar-refractivity contribution is 5.21.